The molecule has 0 N–H and O–H groups in total. The van der Waals surface area contributed by atoms with E-state index in [1.54, 1.807) is 86.0 Å². The van der Waals surface area contributed by atoms with E-state index in [4.69, 9.17) is 13.9 Å². The highest BCUT2D eigenvalue weighted by Crippen LogP contribution is 2.24. The third-order valence-corrected chi connectivity index (χ3v) is 5.80. The topological polar surface area (TPSA) is 95.9 Å². The molecular weight excluding hydrogens is 526 g/mol. The Morgan fingerprint density at radius 2 is 1.86 bits per heavy atom. The number of esters is 1. The molecule has 0 unspecified atom stereocenters. The Morgan fingerprint density at radius 1 is 1.06 bits per heavy atom. The van der Waals surface area contributed by atoms with Crippen molar-refractivity contribution in [1.29, 1.82) is 0 Å². The maximum atomic E-state index is 13.3. The number of fused-ring (bicyclic) bond motifs is 1. The number of methoxy groups -OCH3 is 1. The molecule has 9 heteroatoms. The normalized spacial score (nSPS) is 11.2. The molecule has 0 aliphatic heterocycles. The number of carbonyl (C=O) groups is 1. The lowest BCUT2D eigenvalue weighted by molar-refractivity contribution is 0.0734. The molecule has 0 aliphatic carbocycles. The number of benzene rings is 3. The van der Waals surface area contributed by atoms with Crippen molar-refractivity contribution in [2.24, 2.45) is 5.10 Å². The molecule has 5 aromatic rings. The molecule has 0 aliphatic rings. The number of hydrogen-bond donors (Lipinski definition) is 0. The zero-order valence-corrected chi connectivity index (χ0v) is 20.5. The summed E-state index contributed by atoms with van der Waals surface area (Å²) in [5.41, 5.74) is 0.986. The fourth-order valence-corrected chi connectivity index (χ4v) is 3.89. The molecule has 2 heterocycles. The third-order valence-electron chi connectivity index (χ3n) is 5.31. The molecule has 0 radical (unpaired) electrons. The Hall–Kier alpha value is -4.50. The van der Waals surface area contributed by atoms with Crippen molar-refractivity contribution in [3.05, 3.63) is 111 Å². The van der Waals surface area contributed by atoms with Crippen LogP contribution in [0.5, 0.6) is 11.5 Å². The molecule has 36 heavy (non-hydrogen) atoms. The lowest BCUT2D eigenvalue weighted by Crippen LogP contribution is -2.20. The van der Waals surface area contributed by atoms with Crippen molar-refractivity contribution in [2.45, 2.75) is 0 Å². The predicted molar refractivity (Wildman–Crippen MR) is 139 cm³/mol. The fraction of sp³-hybridized carbons (Fsp3) is 0.0370. The largest absolute Gasteiger partial charge is 0.497 e. The quantitative estimate of drug-likeness (QED) is 0.159. The Morgan fingerprint density at radius 3 is 2.61 bits per heavy atom. The van der Waals surface area contributed by atoms with E-state index in [0.717, 1.165) is 9.15 Å². The average molecular weight is 544 g/mol. The van der Waals surface area contributed by atoms with Crippen LogP contribution in [0.15, 0.2) is 104 Å². The lowest BCUT2D eigenvalue weighted by Gasteiger charge is -2.10. The van der Waals surface area contributed by atoms with Crippen molar-refractivity contribution < 1.29 is 18.7 Å². The minimum absolute atomic E-state index is 0.242. The number of para-hydroxylation sites is 1. The van der Waals surface area contributed by atoms with Crippen LogP contribution < -0.4 is 15.0 Å². The molecule has 0 saturated carbocycles. The first-order valence-corrected chi connectivity index (χ1v) is 11.6. The summed E-state index contributed by atoms with van der Waals surface area (Å²) in [6, 6.07) is 22.1. The van der Waals surface area contributed by atoms with Gasteiger partial charge in [-0.1, -0.05) is 28.1 Å². The average Bonchev–Trinajstić information content (AvgIpc) is 3.44. The number of aromatic nitrogens is 2. The van der Waals surface area contributed by atoms with E-state index in [1.165, 1.54) is 12.5 Å². The van der Waals surface area contributed by atoms with E-state index in [2.05, 4.69) is 26.0 Å². The summed E-state index contributed by atoms with van der Waals surface area (Å²) in [5.74, 6) is 0.978. The molecule has 0 bridgehead atoms. The summed E-state index contributed by atoms with van der Waals surface area (Å²) in [5, 5.41) is 4.82. The molecule has 8 nitrogen and oxygen atoms in total. The Balaban J connectivity index is 1.54. The molecule has 5 rings (SSSR count). The van der Waals surface area contributed by atoms with Gasteiger partial charge in [-0.25, -0.2) is 9.78 Å². The summed E-state index contributed by atoms with van der Waals surface area (Å²) in [4.78, 5) is 30.6. The highest BCUT2D eigenvalue weighted by Gasteiger charge is 2.15. The first-order chi connectivity index (χ1) is 17.5. The Kier molecular flexibility index (Phi) is 6.46. The number of halogens is 1. The second kappa shape index (κ2) is 10.0. The van der Waals surface area contributed by atoms with Crippen LogP contribution in [-0.4, -0.2) is 29.0 Å². The van der Waals surface area contributed by atoms with Gasteiger partial charge in [0, 0.05) is 10.0 Å². The smallest absolute Gasteiger partial charge is 0.343 e. The standard InChI is InChI=1S/C27H18BrN3O5/c1-34-20-11-8-17(9-12-20)27(33)36-23-13-10-19(28)15-18(23)16-29-31-25(24-7-4-14-35-24)30-22-6-3-2-5-21(22)26(31)32/h2-16H,1H3. The fourth-order valence-electron chi connectivity index (χ4n) is 3.52. The van der Waals surface area contributed by atoms with Crippen LogP contribution in [0.1, 0.15) is 15.9 Å². The number of furan rings is 1. The minimum Gasteiger partial charge on any atom is -0.497 e. The first kappa shape index (κ1) is 23.3. The van der Waals surface area contributed by atoms with Gasteiger partial charge in [-0.05, 0) is 66.7 Å². The molecule has 2 aromatic heterocycles. The van der Waals surface area contributed by atoms with Crippen molar-refractivity contribution in [3.8, 4) is 23.1 Å². The molecule has 3 aromatic carbocycles. The van der Waals surface area contributed by atoms with Gasteiger partial charge in [-0.2, -0.15) is 9.78 Å². The molecule has 0 spiro atoms. The summed E-state index contributed by atoms with van der Waals surface area (Å²) in [6.07, 6.45) is 2.93. The van der Waals surface area contributed by atoms with Crippen molar-refractivity contribution >= 4 is 39.0 Å². The van der Waals surface area contributed by atoms with E-state index in [9.17, 15) is 9.59 Å². The van der Waals surface area contributed by atoms with Gasteiger partial charge in [0.25, 0.3) is 5.56 Å². The van der Waals surface area contributed by atoms with Gasteiger partial charge < -0.3 is 13.9 Å². The molecule has 178 valence electrons. The van der Waals surface area contributed by atoms with Gasteiger partial charge in [-0.15, -0.1) is 0 Å². The van der Waals surface area contributed by atoms with Crippen LogP contribution in [0, 0.1) is 0 Å². The van der Waals surface area contributed by atoms with E-state index in [0.29, 0.717) is 33.5 Å². The summed E-state index contributed by atoms with van der Waals surface area (Å²) in [7, 11) is 1.55. The molecule has 0 saturated heterocycles. The number of hydrogen-bond acceptors (Lipinski definition) is 7. The van der Waals surface area contributed by atoms with Crippen LogP contribution in [0.2, 0.25) is 0 Å². The maximum absolute atomic E-state index is 13.3. The summed E-state index contributed by atoms with van der Waals surface area (Å²) >= 11 is 3.43. The monoisotopic (exact) mass is 543 g/mol. The third kappa shape index (κ3) is 4.69. The molecular formula is C27H18BrN3O5. The van der Waals surface area contributed by atoms with E-state index in [-0.39, 0.29) is 17.1 Å². The van der Waals surface area contributed by atoms with E-state index >= 15 is 0 Å². The number of carbonyl (C=O) groups excluding carboxylic acids is 1. The van der Waals surface area contributed by atoms with Crippen LogP contribution >= 0.6 is 15.9 Å². The van der Waals surface area contributed by atoms with Gasteiger partial charge in [0.15, 0.2) is 5.76 Å². The zero-order chi connectivity index (χ0) is 25.1. The highest BCUT2D eigenvalue weighted by molar-refractivity contribution is 9.10. The Labute approximate surface area is 213 Å². The maximum Gasteiger partial charge on any atom is 0.343 e. The minimum atomic E-state index is -0.546. The van der Waals surface area contributed by atoms with Crippen molar-refractivity contribution in [2.75, 3.05) is 7.11 Å². The van der Waals surface area contributed by atoms with Gasteiger partial charge in [-0.3, -0.25) is 4.79 Å². The van der Waals surface area contributed by atoms with Gasteiger partial charge in [0.05, 0.1) is 36.1 Å². The van der Waals surface area contributed by atoms with Crippen LogP contribution in [0.25, 0.3) is 22.5 Å². The molecule has 0 fully saturated rings. The van der Waals surface area contributed by atoms with Gasteiger partial charge in [0.2, 0.25) is 5.82 Å². The van der Waals surface area contributed by atoms with E-state index in [1.807, 2.05) is 0 Å². The van der Waals surface area contributed by atoms with Crippen LogP contribution in [0.4, 0.5) is 0 Å². The summed E-state index contributed by atoms with van der Waals surface area (Å²) < 4.78 is 18.2. The number of rotatable bonds is 6. The molecule has 0 amide bonds. The lowest BCUT2D eigenvalue weighted by atomic mass is 10.2. The van der Waals surface area contributed by atoms with Crippen LogP contribution in [0.3, 0.4) is 0 Å². The van der Waals surface area contributed by atoms with Crippen molar-refractivity contribution in [1.82, 2.24) is 9.66 Å². The van der Waals surface area contributed by atoms with Crippen LogP contribution in [-0.2, 0) is 0 Å². The second-order valence-electron chi connectivity index (χ2n) is 7.59. The second-order valence-corrected chi connectivity index (χ2v) is 8.51. The number of ether oxygens (including phenoxy) is 2. The Bertz CT molecular complexity index is 1640. The van der Waals surface area contributed by atoms with Crippen molar-refractivity contribution in [3.63, 3.8) is 0 Å². The SMILES string of the molecule is COc1ccc(C(=O)Oc2ccc(Br)cc2C=Nn2c(-c3ccco3)nc3ccccc3c2=O)cc1. The first-order valence-electron chi connectivity index (χ1n) is 10.8. The number of nitrogens with zero attached hydrogens (tertiary/aromatic N) is 3. The highest BCUT2D eigenvalue weighted by atomic mass is 79.9. The molecule has 0 atom stereocenters. The summed E-state index contributed by atoms with van der Waals surface area (Å²) in [6.45, 7) is 0. The van der Waals surface area contributed by atoms with Gasteiger partial charge in [0.1, 0.15) is 11.5 Å². The van der Waals surface area contributed by atoms with Gasteiger partial charge >= 0.3 is 5.97 Å². The zero-order valence-electron chi connectivity index (χ0n) is 18.9. The van der Waals surface area contributed by atoms with E-state index < -0.39 is 5.97 Å². The predicted octanol–water partition coefficient (Wildman–Crippen LogP) is 5.53.